The molecule has 84 valence electrons. The molecule has 0 amide bonds. The fraction of sp³-hybridized carbons (Fsp3) is 0. The van der Waals surface area contributed by atoms with Crippen molar-refractivity contribution in [2.24, 2.45) is 0 Å². The molecule has 0 atom stereocenters. The van der Waals surface area contributed by atoms with Crippen LogP contribution in [0.1, 0.15) is 0 Å². The summed E-state index contributed by atoms with van der Waals surface area (Å²) in [6.45, 7) is 0. The monoisotopic (exact) mass is 281 g/mol. The Morgan fingerprint density at radius 1 is 1.12 bits per heavy atom. The van der Waals surface area contributed by atoms with Crippen LogP contribution in [0.5, 0.6) is 0 Å². The van der Waals surface area contributed by atoms with Crippen molar-refractivity contribution in [1.29, 1.82) is 0 Å². The van der Waals surface area contributed by atoms with E-state index in [0.29, 0.717) is 10.3 Å². The Bertz CT molecular complexity index is 682. The van der Waals surface area contributed by atoms with Gasteiger partial charge in [0.05, 0.1) is 16.8 Å². The molecule has 0 saturated heterocycles. The molecule has 0 aromatic carbocycles. The quantitative estimate of drug-likeness (QED) is 0.632. The lowest BCUT2D eigenvalue weighted by atomic mass is 10.3. The van der Waals surface area contributed by atoms with Crippen molar-refractivity contribution < 1.29 is 0 Å². The summed E-state index contributed by atoms with van der Waals surface area (Å²) in [4.78, 5) is 13.3. The number of aromatic nitrogens is 3. The largest absolute Gasteiger partial charge is 0.261 e. The minimum atomic E-state index is 0.398. The highest BCUT2D eigenvalue weighted by Gasteiger charge is 2.10. The third kappa shape index (κ3) is 1.99. The molecule has 3 aromatic rings. The molecule has 0 radical (unpaired) electrons. The molecule has 3 nitrogen and oxygen atoms in total. The molecular weight excluding hydrogens is 277 g/mol. The van der Waals surface area contributed by atoms with E-state index in [9.17, 15) is 0 Å². The predicted molar refractivity (Wildman–Crippen MR) is 70.7 cm³/mol. The average Bonchev–Trinajstić information content (AvgIpc) is 2.74. The number of hydrogen-bond donors (Lipinski definition) is 0. The maximum Gasteiger partial charge on any atom is 0.139 e. The first kappa shape index (κ1) is 10.9. The molecule has 0 fully saturated rings. The Balaban J connectivity index is 2.24. The fourth-order valence-electron chi connectivity index (χ4n) is 1.52. The molecule has 0 aliphatic heterocycles. The lowest BCUT2D eigenvalue weighted by Crippen LogP contribution is -1.79. The van der Waals surface area contributed by atoms with E-state index in [4.69, 9.17) is 23.2 Å². The zero-order chi connectivity index (χ0) is 11.8. The molecule has 3 aromatic heterocycles. The van der Waals surface area contributed by atoms with Gasteiger partial charge in [-0.25, -0.2) is 4.98 Å². The van der Waals surface area contributed by atoms with Crippen LogP contribution in [0, 0.1) is 0 Å². The topological polar surface area (TPSA) is 38.7 Å². The van der Waals surface area contributed by atoms with Crippen LogP contribution >= 0.6 is 34.5 Å². The summed E-state index contributed by atoms with van der Waals surface area (Å²) in [5.41, 5.74) is 0.820. The number of rotatable bonds is 1. The van der Waals surface area contributed by atoms with Crippen molar-refractivity contribution in [3.8, 4) is 10.6 Å². The Morgan fingerprint density at radius 3 is 2.76 bits per heavy atom. The smallest absolute Gasteiger partial charge is 0.139 e. The number of nitrogens with zero attached hydrogens (tertiary/aromatic N) is 3. The van der Waals surface area contributed by atoms with E-state index in [-0.39, 0.29) is 0 Å². The number of fused-ring (bicyclic) bond motifs is 1. The highest BCUT2D eigenvalue weighted by molar-refractivity contribution is 7.22. The van der Waals surface area contributed by atoms with Crippen LogP contribution in [0.25, 0.3) is 20.7 Å². The molecule has 0 unspecified atom stereocenters. The molecule has 3 rings (SSSR count). The van der Waals surface area contributed by atoms with Gasteiger partial charge in [-0.15, -0.1) is 11.3 Å². The van der Waals surface area contributed by atoms with E-state index < -0.39 is 0 Å². The van der Waals surface area contributed by atoms with Crippen LogP contribution < -0.4 is 0 Å². The summed E-state index contributed by atoms with van der Waals surface area (Å²) in [7, 11) is 0. The molecular formula is C11H5Cl2N3S. The number of pyridine rings is 1. The highest BCUT2D eigenvalue weighted by atomic mass is 35.5. The molecule has 0 aliphatic carbocycles. The summed E-state index contributed by atoms with van der Waals surface area (Å²) in [6.07, 6.45) is 5.02. The van der Waals surface area contributed by atoms with Crippen molar-refractivity contribution in [3.63, 3.8) is 0 Å². The van der Waals surface area contributed by atoms with E-state index in [2.05, 4.69) is 15.0 Å². The van der Waals surface area contributed by atoms with Gasteiger partial charge in [0.25, 0.3) is 0 Å². The Labute approximate surface area is 111 Å². The van der Waals surface area contributed by atoms with Gasteiger partial charge in [0.15, 0.2) is 0 Å². The van der Waals surface area contributed by atoms with Crippen molar-refractivity contribution in [3.05, 3.63) is 41.0 Å². The van der Waals surface area contributed by atoms with E-state index in [0.717, 1.165) is 20.7 Å². The van der Waals surface area contributed by atoms with E-state index >= 15 is 0 Å². The minimum Gasteiger partial charge on any atom is -0.261 e. The maximum absolute atomic E-state index is 6.04. The molecule has 0 N–H and O–H groups in total. The molecule has 0 spiro atoms. The van der Waals surface area contributed by atoms with Crippen LogP contribution in [0.3, 0.4) is 0 Å². The minimum absolute atomic E-state index is 0.398. The maximum atomic E-state index is 6.04. The van der Waals surface area contributed by atoms with Crippen LogP contribution in [-0.4, -0.2) is 15.0 Å². The number of thiophene rings is 1. The van der Waals surface area contributed by atoms with Gasteiger partial charge in [-0.05, 0) is 12.1 Å². The highest BCUT2D eigenvalue weighted by Crippen LogP contribution is 2.36. The van der Waals surface area contributed by atoms with Crippen molar-refractivity contribution >= 4 is 44.6 Å². The summed E-state index contributed by atoms with van der Waals surface area (Å²) in [6, 6.07) is 3.75. The fourth-order valence-corrected chi connectivity index (χ4v) is 3.19. The van der Waals surface area contributed by atoms with Gasteiger partial charge < -0.3 is 0 Å². The third-order valence-electron chi connectivity index (χ3n) is 2.25. The van der Waals surface area contributed by atoms with Crippen LogP contribution in [-0.2, 0) is 0 Å². The summed E-state index contributed by atoms with van der Waals surface area (Å²) < 4.78 is 0.996. The lowest BCUT2D eigenvalue weighted by Gasteiger charge is -1.92. The number of hydrogen-bond acceptors (Lipinski definition) is 4. The van der Waals surface area contributed by atoms with Crippen molar-refractivity contribution in [2.75, 3.05) is 0 Å². The normalized spacial score (nSPS) is 10.9. The van der Waals surface area contributed by atoms with Gasteiger partial charge in [0.2, 0.25) is 0 Å². The molecule has 0 bridgehead atoms. The van der Waals surface area contributed by atoms with Gasteiger partial charge in [-0.3, -0.25) is 9.97 Å². The van der Waals surface area contributed by atoms with Gasteiger partial charge in [-0.2, -0.15) is 0 Å². The summed E-state index contributed by atoms with van der Waals surface area (Å²) in [5, 5.41) is 1.70. The second kappa shape index (κ2) is 4.22. The zero-order valence-electron chi connectivity index (χ0n) is 8.39. The lowest BCUT2D eigenvalue weighted by molar-refractivity contribution is 1.21. The van der Waals surface area contributed by atoms with Gasteiger partial charge in [0, 0.05) is 22.5 Å². The van der Waals surface area contributed by atoms with Crippen LogP contribution in [0.4, 0.5) is 0 Å². The van der Waals surface area contributed by atoms with Crippen LogP contribution in [0.15, 0.2) is 30.7 Å². The molecule has 3 heterocycles. The van der Waals surface area contributed by atoms with Crippen LogP contribution in [0.2, 0.25) is 10.3 Å². The molecule has 17 heavy (non-hydrogen) atoms. The Kier molecular flexibility index (Phi) is 2.70. The molecule has 0 aliphatic rings. The first-order valence-corrected chi connectivity index (χ1v) is 6.33. The second-order valence-electron chi connectivity index (χ2n) is 3.35. The second-order valence-corrected chi connectivity index (χ2v) is 5.18. The molecule has 0 saturated carbocycles. The van der Waals surface area contributed by atoms with E-state index in [1.165, 1.54) is 0 Å². The van der Waals surface area contributed by atoms with Gasteiger partial charge in [0.1, 0.15) is 10.3 Å². The van der Waals surface area contributed by atoms with E-state index in [1.807, 2.05) is 6.07 Å². The summed E-state index contributed by atoms with van der Waals surface area (Å²) in [5.74, 6) is 0. The Hall–Kier alpha value is -1.23. The Morgan fingerprint density at radius 2 is 2.00 bits per heavy atom. The third-order valence-corrected chi connectivity index (χ3v) is 3.84. The SMILES string of the molecule is Clc1cc2sc(-c3cnccn3)cc2c(Cl)n1. The standard InChI is InChI=1S/C11H5Cl2N3S/c12-10-4-8-6(11(13)16-10)3-9(17-8)7-5-14-1-2-15-7/h1-5H. The first-order chi connectivity index (χ1) is 8.24. The molecule has 6 heteroatoms. The van der Waals surface area contributed by atoms with Gasteiger partial charge >= 0.3 is 0 Å². The van der Waals surface area contributed by atoms with Crippen molar-refractivity contribution in [2.45, 2.75) is 0 Å². The predicted octanol–water partition coefficient (Wildman–Crippen LogP) is 4.06. The van der Waals surface area contributed by atoms with E-state index in [1.54, 1.807) is 36.0 Å². The zero-order valence-corrected chi connectivity index (χ0v) is 10.7. The van der Waals surface area contributed by atoms with Gasteiger partial charge in [-0.1, -0.05) is 23.2 Å². The first-order valence-electron chi connectivity index (χ1n) is 4.76. The number of halogens is 2. The average molecular weight is 282 g/mol. The van der Waals surface area contributed by atoms with Crippen molar-refractivity contribution in [1.82, 2.24) is 15.0 Å². The summed E-state index contributed by atoms with van der Waals surface area (Å²) >= 11 is 13.5.